The van der Waals surface area contributed by atoms with E-state index in [1.807, 2.05) is 30.3 Å². The maximum atomic E-state index is 12.9. The van der Waals surface area contributed by atoms with Crippen LogP contribution in [0.3, 0.4) is 0 Å². The van der Waals surface area contributed by atoms with Crippen LogP contribution in [-0.2, 0) is 19.7 Å². The molecule has 2 aliphatic rings. The zero-order chi connectivity index (χ0) is 14.7. The molecule has 5 nitrogen and oxygen atoms in total. The predicted molar refractivity (Wildman–Crippen MR) is 77.7 cm³/mol. The Labute approximate surface area is 124 Å². The summed E-state index contributed by atoms with van der Waals surface area (Å²) in [6, 6.07) is 9.77. The lowest BCUT2D eigenvalue weighted by Gasteiger charge is -2.37. The summed E-state index contributed by atoms with van der Waals surface area (Å²) in [4.78, 5) is 24.2. The Kier molecular flexibility index (Phi) is 3.92. The number of carbonyl (C=O) groups is 2. The molecule has 2 saturated heterocycles. The first kappa shape index (κ1) is 14.1. The van der Waals surface area contributed by atoms with Gasteiger partial charge in [0.1, 0.15) is 0 Å². The van der Waals surface area contributed by atoms with Crippen molar-refractivity contribution in [2.24, 2.45) is 0 Å². The van der Waals surface area contributed by atoms with Gasteiger partial charge in [0.25, 0.3) is 0 Å². The van der Waals surface area contributed by atoms with Gasteiger partial charge in [-0.1, -0.05) is 30.3 Å². The molecular weight excluding hydrogens is 268 g/mol. The molecule has 0 spiro atoms. The molecule has 0 aromatic heterocycles. The lowest BCUT2D eigenvalue weighted by molar-refractivity contribution is -0.131. The van der Waals surface area contributed by atoms with Crippen LogP contribution in [0, 0.1) is 0 Å². The van der Waals surface area contributed by atoms with Gasteiger partial charge in [0.2, 0.25) is 11.8 Å². The molecule has 2 aliphatic heterocycles. The monoisotopic (exact) mass is 288 g/mol. The van der Waals surface area contributed by atoms with Gasteiger partial charge in [-0.2, -0.15) is 0 Å². The van der Waals surface area contributed by atoms with Crippen LogP contribution in [0.25, 0.3) is 0 Å². The van der Waals surface area contributed by atoms with Gasteiger partial charge in [-0.25, -0.2) is 0 Å². The quantitative estimate of drug-likeness (QED) is 0.862. The summed E-state index contributed by atoms with van der Waals surface area (Å²) in [5, 5.41) is 5.79. The maximum absolute atomic E-state index is 12.9. The van der Waals surface area contributed by atoms with E-state index < -0.39 is 5.41 Å². The van der Waals surface area contributed by atoms with E-state index in [2.05, 4.69) is 10.6 Å². The van der Waals surface area contributed by atoms with Crippen LogP contribution in [0.15, 0.2) is 30.3 Å². The van der Waals surface area contributed by atoms with E-state index in [0.717, 1.165) is 5.56 Å². The summed E-state index contributed by atoms with van der Waals surface area (Å²) >= 11 is 0. The third kappa shape index (κ3) is 2.78. The Bertz CT molecular complexity index is 524. The van der Waals surface area contributed by atoms with Crippen molar-refractivity contribution in [3.05, 3.63) is 35.9 Å². The average Bonchev–Trinajstić information content (AvgIpc) is 2.94. The van der Waals surface area contributed by atoms with Gasteiger partial charge in [-0.05, 0) is 18.4 Å². The van der Waals surface area contributed by atoms with E-state index in [1.165, 1.54) is 0 Å². The molecule has 2 amide bonds. The average molecular weight is 288 g/mol. The van der Waals surface area contributed by atoms with Gasteiger partial charge in [-0.15, -0.1) is 0 Å². The van der Waals surface area contributed by atoms with Crippen LogP contribution in [0.5, 0.6) is 0 Å². The second kappa shape index (κ2) is 5.85. The van der Waals surface area contributed by atoms with E-state index in [-0.39, 0.29) is 17.9 Å². The normalized spacial score (nSPS) is 24.4. The highest BCUT2D eigenvalue weighted by Crippen LogP contribution is 2.35. The zero-order valence-corrected chi connectivity index (χ0v) is 11.9. The van der Waals surface area contributed by atoms with Crippen molar-refractivity contribution >= 4 is 11.8 Å². The summed E-state index contributed by atoms with van der Waals surface area (Å²) in [5.41, 5.74) is 0.494. The Morgan fingerprint density at radius 2 is 1.95 bits per heavy atom. The Hall–Kier alpha value is -1.88. The van der Waals surface area contributed by atoms with Gasteiger partial charge in [0.15, 0.2) is 0 Å². The molecule has 0 aliphatic carbocycles. The van der Waals surface area contributed by atoms with Crippen LogP contribution in [0.4, 0.5) is 0 Å². The fraction of sp³-hybridized carbons (Fsp3) is 0.500. The van der Waals surface area contributed by atoms with Crippen molar-refractivity contribution < 1.29 is 14.3 Å². The smallest absolute Gasteiger partial charge is 0.231 e. The largest absolute Gasteiger partial charge is 0.381 e. The molecule has 1 aromatic carbocycles. The van der Waals surface area contributed by atoms with Gasteiger partial charge in [-0.3, -0.25) is 9.59 Å². The molecule has 0 bridgehead atoms. The minimum absolute atomic E-state index is 0.000962. The van der Waals surface area contributed by atoms with Crippen LogP contribution in [0.2, 0.25) is 0 Å². The molecule has 1 atom stereocenters. The number of benzene rings is 1. The number of hydrogen-bond acceptors (Lipinski definition) is 3. The molecule has 21 heavy (non-hydrogen) atoms. The van der Waals surface area contributed by atoms with Crippen molar-refractivity contribution in [3.8, 4) is 0 Å². The molecule has 5 heteroatoms. The predicted octanol–water partition coefficient (Wildman–Crippen LogP) is 0.739. The lowest BCUT2D eigenvalue weighted by Crippen LogP contribution is -2.51. The lowest BCUT2D eigenvalue weighted by atomic mass is 9.73. The van der Waals surface area contributed by atoms with Gasteiger partial charge in [0, 0.05) is 26.2 Å². The minimum atomic E-state index is -0.537. The third-order valence-electron chi connectivity index (χ3n) is 4.42. The van der Waals surface area contributed by atoms with Crippen LogP contribution in [-0.4, -0.2) is 37.6 Å². The van der Waals surface area contributed by atoms with Crippen LogP contribution in [0.1, 0.15) is 24.8 Å². The maximum Gasteiger partial charge on any atom is 0.231 e. The zero-order valence-electron chi connectivity index (χ0n) is 11.9. The molecule has 3 rings (SSSR count). The van der Waals surface area contributed by atoms with Crippen LogP contribution < -0.4 is 10.6 Å². The standard InChI is InChI=1S/C16H20N2O3/c19-14-10-13(11-17-14)18-15(20)16(6-8-21-9-7-16)12-4-2-1-3-5-12/h1-5,13H,6-11H2,(H,17,19)(H,18,20)/t13-/m0/s1. The molecule has 0 saturated carbocycles. The van der Waals surface area contributed by atoms with Crippen molar-refractivity contribution in [2.75, 3.05) is 19.8 Å². The van der Waals surface area contributed by atoms with Crippen LogP contribution >= 0.6 is 0 Å². The Balaban J connectivity index is 1.82. The molecule has 112 valence electrons. The van der Waals surface area contributed by atoms with Crippen molar-refractivity contribution in [2.45, 2.75) is 30.7 Å². The summed E-state index contributed by atoms with van der Waals surface area (Å²) in [6.45, 7) is 1.69. The summed E-state index contributed by atoms with van der Waals surface area (Å²) in [7, 11) is 0. The summed E-state index contributed by atoms with van der Waals surface area (Å²) in [6.07, 6.45) is 1.72. The second-order valence-electron chi connectivity index (χ2n) is 5.74. The van der Waals surface area contributed by atoms with Gasteiger partial charge < -0.3 is 15.4 Å². The SMILES string of the molecule is O=C1C[C@H](NC(=O)C2(c3ccccc3)CCOCC2)CN1. The van der Waals surface area contributed by atoms with Crippen molar-refractivity contribution in [3.63, 3.8) is 0 Å². The molecule has 2 heterocycles. The fourth-order valence-corrected chi connectivity index (χ4v) is 3.15. The highest BCUT2D eigenvalue weighted by atomic mass is 16.5. The van der Waals surface area contributed by atoms with E-state index in [1.54, 1.807) is 0 Å². The van der Waals surface area contributed by atoms with Gasteiger partial charge in [0.05, 0.1) is 11.5 Å². The number of rotatable bonds is 3. The first-order valence-electron chi connectivity index (χ1n) is 7.42. The van der Waals surface area contributed by atoms with Gasteiger partial charge >= 0.3 is 0 Å². The fourth-order valence-electron chi connectivity index (χ4n) is 3.15. The molecule has 2 N–H and O–H groups in total. The first-order chi connectivity index (χ1) is 10.2. The summed E-state index contributed by atoms with van der Waals surface area (Å²) in [5.74, 6) is 0.0135. The number of hydrogen-bond donors (Lipinski definition) is 2. The van der Waals surface area contributed by atoms with E-state index in [9.17, 15) is 9.59 Å². The molecular formula is C16H20N2O3. The van der Waals surface area contributed by atoms with Crippen molar-refractivity contribution in [1.82, 2.24) is 10.6 Å². The highest BCUT2D eigenvalue weighted by Gasteiger charge is 2.42. The van der Waals surface area contributed by atoms with E-state index >= 15 is 0 Å². The molecule has 0 radical (unpaired) electrons. The third-order valence-corrected chi connectivity index (χ3v) is 4.42. The Morgan fingerprint density at radius 1 is 1.24 bits per heavy atom. The van der Waals surface area contributed by atoms with E-state index in [4.69, 9.17) is 4.74 Å². The molecule has 0 unspecified atom stereocenters. The topological polar surface area (TPSA) is 67.4 Å². The first-order valence-corrected chi connectivity index (χ1v) is 7.42. The highest BCUT2D eigenvalue weighted by molar-refractivity contribution is 5.89. The molecule has 2 fully saturated rings. The number of carbonyl (C=O) groups excluding carboxylic acids is 2. The number of amides is 2. The number of nitrogens with one attached hydrogen (secondary N) is 2. The Morgan fingerprint density at radius 3 is 2.57 bits per heavy atom. The summed E-state index contributed by atoms with van der Waals surface area (Å²) < 4.78 is 5.44. The molecule has 1 aromatic rings. The van der Waals surface area contributed by atoms with E-state index in [0.29, 0.717) is 39.0 Å². The van der Waals surface area contributed by atoms with Crippen molar-refractivity contribution in [1.29, 1.82) is 0 Å². The minimum Gasteiger partial charge on any atom is -0.381 e. The number of ether oxygens (including phenoxy) is 1. The second-order valence-corrected chi connectivity index (χ2v) is 5.74.